The molecule has 0 aliphatic heterocycles. The minimum Gasteiger partial charge on any atom is -0.326 e. The highest BCUT2D eigenvalue weighted by atomic mass is 32.1. The quantitative estimate of drug-likeness (QED) is 0.752. The average molecular weight is 354 g/mol. The van der Waals surface area contributed by atoms with E-state index in [1.54, 1.807) is 35.8 Å². The first kappa shape index (κ1) is 15.5. The van der Waals surface area contributed by atoms with Gasteiger partial charge < -0.3 is 10.6 Å². The fourth-order valence-electron chi connectivity index (χ4n) is 2.44. The minimum atomic E-state index is -0.538. The molecule has 0 saturated heterocycles. The summed E-state index contributed by atoms with van der Waals surface area (Å²) in [4.78, 5) is 41.2. The third-order valence-corrected chi connectivity index (χ3v) is 4.69. The van der Waals surface area contributed by atoms with Crippen molar-refractivity contribution in [3.63, 3.8) is 0 Å². The molecule has 2 amide bonds. The highest BCUT2D eigenvalue weighted by molar-refractivity contribution is 7.15. The van der Waals surface area contributed by atoms with Crippen LogP contribution >= 0.6 is 11.3 Å². The molecule has 1 saturated carbocycles. The number of anilines is 2. The molecule has 0 spiro atoms. The summed E-state index contributed by atoms with van der Waals surface area (Å²) in [5, 5.41) is 7.23. The zero-order valence-corrected chi connectivity index (χ0v) is 13.9. The fraction of sp³-hybridized carbons (Fsp3) is 0.176. The Morgan fingerprint density at radius 1 is 1.20 bits per heavy atom. The van der Waals surface area contributed by atoms with Crippen molar-refractivity contribution in [2.45, 2.75) is 12.8 Å². The van der Waals surface area contributed by atoms with Crippen LogP contribution in [0.3, 0.4) is 0 Å². The van der Waals surface area contributed by atoms with Crippen LogP contribution in [0.2, 0.25) is 0 Å². The molecule has 2 N–H and O–H groups in total. The molecule has 1 aromatic carbocycles. The molecular formula is C17H14N4O3S. The van der Waals surface area contributed by atoms with Crippen LogP contribution in [0.25, 0.3) is 4.96 Å². The number of benzene rings is 1. The van der Waals surface area contributed by atoms with Crippen molar-refractivity contribution in [3.05, 3.63) is 58.0 Å². The molecule has 0 atom stereocenters. The molecule has 25 heavy (non-hydrogen) atoms. The Bertz CT molecular complexity index is 1040. The molecule has 4 rings (SSSR count). The summed E-state index contributed by atoms with van der Waals surface area (Å²) in [6.45, 7) is 0. The van der Waals surface area contributed by atoms with Gasteiger partial charge in [-0.3, -0.25) is 18.8 Å². The highest BCUT2D eigenvalue weighted by Crippen LogP contribution is 2.30. The van der Waals surface area contributed by atoms with Gasteiger partial charge in [0.1, 0.15) is 5.56 Å². The molecule has 0 bridgehead atoms. The third-order valence-electron chi connectivity index (χ3n) is 3.92. The van der Waals surface area contributed by atoms with Crippen LogP contribution in [0.5, 0.6) is 0 Å². The lowest BCUT2D eigenvalue weighted by atomic mass is 10.2. The van der Waals surface area contributed by atoms with Gasteiger partial charge in [0.25, 0.3) is 11.5 Å². The van der Waals surface area contributed by atoms with Crippen molar-refractivity contribution in [3.8, 4) is 0 Å². The van der Waals surface area contributed by atoms with Crippen LogP contribution < -0.4 is 16.2 Å². The molecular weight excluding hydrogens is 340 g/mol. The summed E-state index contributed by atoms with van der Waals surface area (Å²) < 4.78 is 1.34. The van der Waals surface area contributed by atoms with E-state index in [4.69, 9.17) is 0 Å². The molecule has 1 aliphatic carbocycles. The van der Waals surface area contributed by atoms with Gasteiger partial charge in [0.2, 0.25) is 5.91 Å². The third kappa shape index (κ3) is 3.16. The SMILES string of the molecule is O=C(Nc1cccc(NC(=O)C2CC2)c1)c1cnc2sccn2c1=O. The van der Waals surface area contributed by atoms with Crippen LogP contribution in [-0.4, -0.2) is 21.2 Å². The number of thiazole rings is 1. The maximum Gasteiger partial charge on any atom is 0.271 e. The van der Waals surface area contributed by atoms with Crippen molar-refractivity contribution in [1.82, 2.24) is 9.38 Å². The molecule has 126 valence electrons. The molecule has 1 aliphatic rings. The Morgan fingerprint density at radius 3 is 2.72 bits per heavy atom. The summed E-state index contributed by atoms with van der Waals surface area (Å²) in [7, 11) is 0. The number of nitrogens with one attached hydrogen (secondary N) is 2. The number of carbonyl (C=O) groups is 2. The predicted octanol–water partition coefficient (Wildman–Crippen LogP) is 2.36. The Labute approximate surface area is 146 Å². The number of fused-ring (bicyclic) bond motifs is 1. The largest absolute Gasteiger partial charge is 0.326 e. The first-order chi connectivity index (χ1) is 12.1. The summed E-state index contributed by atoms with van der Waals surface area (Å²) in [6.07, 6.45) is 4.71. The molecule has 2 heterocycles. The van der Waals surface area contributed by atoms with Crippen LogP contribution in [0.15, 0.2) is 46.8 Å². The van der Waals surface area contributed by atoms with Crippen molar-refractivity contribution < 1.29 is 9.59 Å². The number of hydrogen-bond acceptors (Lipinski definition) is 5. The lowest BCUT2D eigenvalue weighted by molar-refractivity contribution is -0.117. The van der Waals surface area contributed by atoms with E-state index >= 15 is 0 Å². The Balaban J connectivity index is 1.54. The maximum atomic E-state index is 12.4. The number of hydrogen-bond donors (Lipinski definition) is 2. The van der Waals surface area contributed by atoms with Crippen LogP contribution in [0.1, 0.15) is 23.2 Å². The normalized spacial score (nSPS) is 13.6. The summed E-state index contributed by atoms with van der Waals surface area (Å²) in [6, 6.07) is 6.83. The molecule has 0 radical (unpaired) electrons. The zero-order valence-electron chi connectivity index (χ0n) is 13.1. The van der Waals surface area contributed by atoms with E-state index in [-0.39, 0.29) is 17.4 Å². The highest BCUT2D eigenvalue weighted by Gasteiger charge is 2.29. The van der Waals surface area contributed by atoms with Gasteiger partial charge in [-0.1, -0.05) is 6.07 Å². The second-order valence-electron chi connectivity index (χ2n) is 5.83. The van der Waals surface area contributed by atoms with Gasteiger partial charge in [-0.25, -0.2) is 4.98 Å². The van der Waals surface area contributed by atoms with E-state index in [2.05, 4.69) is 15.6 Å². The zero-order chi connectivity index (χ0) is 17.4. The van der Waals surface area contributed by atoms with E-state index in [9.17, 15) is 14.4 Å². The van der Waals surface area contributed by atoms with Crippen molar-refractivity contribution in [1.29, 1.82) is 0 Å². The maximum absolute atomic E-state index is 12.4. The van der Waals surface area contributed by atoms with Crippen LogP contribution in [-0.2, 0) is 4.79 Å². The summed E-state index contributed by atoms with van der Waals surface area (Å²) in [5.41, 5.74) is 0.650. The van der Waals surface area contributed by atoms with E-state index in [0.29, 0.717) is 16.3 Å². The first-order valence-electron chi connectivity index (χ1n) is 7.79. The number of aromatic nitrogens is 2. The van der Waals surface area contributed by atoms with Gasteiger partial charge in [-0.2, -0.15) is 0 Å². The number of rotatable bonds is 4. The Hall–Kier alpha value is -3.00. The van der Waals surface area contributed by atoms with Gasteiger partial charge >= 0.3 is 0 Å². The molecule has 8 heteroatoms. The van der Waals surface area contributed by atoms with Gasteiger partial charge in [-0.05, 0) is 31.0 Å². The summed E-state index contributed by atoms with van der Waals surface area (Å²) in [5.74, 6) is -0.445. The van der Waals surface area contributed by atoms with E-state index in [1.807, 2.05) is 0 Å². The molecule has 7 nitrogen and oxygen atoms in total. The van der Waals surface area contributed by atoms with E-state index < -0.39 is 11.5 Å². The first-order valence-corrected chi connectivity index (χ1v) is 8.67. The van der Waals surface area contributed by atoms with Crippen LogP contribution in [0, 0.1) is 5.92 Å². The predicted molar refractivity (Wildman–Crippen MR) is 95.1 cm³/mol. The van der Waals surface area contributed by atoms with Gasteiger partial charge in [0.15, 0.2) is 4.96 Å². The Kier molecular flexibility index (Phi) is 3.81. The monoisotopic (exact) mass is 354 g/mol. The van der Waals surface area contributed by atoms with Crippen LogP contribution in [0.4, 0.5) is 11.4 Å². The standard InChI is InChI=1S/C17H14N4O3S/c22-14(10-4-5-10)19-11-2-1-3-12(8-11)20-15(23)13-9-18-17-21(16(13)24)6-7-25-17/h1-3,6-10H,4-5H2,(H,19,22)(H,20,23). The van der Waals surface area contributed by atoms with Crippen molar-refractivity contribution >= 4 is 39.5 Å². The van der Waals surface area contributed by atoms with Gasteiger partial charge in [0.05, 0.1) is 0 Å². The molecule has 0 unspecified atom stereocenters. The molecule has 2 aromatic heterocycles. The Morgan fingerprint density at radius 2 is 1.96 bits per heavy atom. The topological polar surface area (TPSA) is 92.6 Å². The second-order valence-corrected chi connectivity index (χ2v) is 6.70. The number of carbonyl (C=O) groups excluding carboxylic acids is 2. The minimum absolute atomic E-state index is 0.00571. The fourth-order valence-corrected chi connectivity index (χ4v) is 3.12. The lowest BCUT2D eigenvalue weighted by Gasteiger charge is -2.08. The van der Waals surface area contributed by atoms with Gasteiger partial charge in [0, 0.05) is 35.1 Å². The van der Waals surface area contributed by atoms with Crippen molar-refractivity contribution in [2.24, 2.45) is 5.92 Å². The second kappa shape index (κ2) is 6.14. The van der Waals surface area contributed by atoms with Gasteiger partial charge in [-0.15, -0.1) is 11.3 Å². The number of nitrogens with zero attached hydrogens (tertiary/aromatic N) is 2. The summed E-state index contributed by atoms with van der Waals surface area (Å²) >= 11 is 1.32. The van der Waals surface area contributed by atoms with Crippen molar-refractivity contribution in [2.75, 3.05) is 10.6 Å². The lowest BCUT2D eigenvalue weighted by Crippen LogP contribution is -2.25. The van der Waals surface area contributed by atoms with E-state index in [1.165, 1.54) is 21.9 Å². The molecule has 3 aromatic rings. The average Bonchev–Trinajstić information content (AvgIpc) is 3.33. The number of amides is 2. The molecule has 1 fully saturated rings. The smallest absolute Gasteiger partial charge is 0.271 e. The van der Waals surface area contributed by atoms with E-state index in [0.717, 1.165) is 12.8 Å².